The molecule has 0 bridgehead atoms. The van der Waals surface area contributed by atoms with Crippen molar-refractivity contribution in [1.29, 1.82) is 0 Å². The van der Waals surface area contributed by atoms with Crippen molar-refractivity contribution in [3.8, 4) is 0 Å². The summed E-state index contributed by atoms with van der Waals surface area (Å²) in [6, 6.07) is 54.2. The predicted molar refractivity (Wildman–Crippen MR) is 152 cm³/mol. The Morgan fingerprint density at radius 3 is 1.36 bits per heavy atom. The van der Waals surface area contributed by atoms with Gasteiger partial charge in [0.2, 0.25) is 0 Å². The van der Waals surface area contributed by atoms with E-state index in [9.17, 15) is 0 Å². The third kappa shape index (κ3) is 4.68. The van der Waals surface area contributed by atoms with E-state index in [4.69, 9.17) is 0 Å². The van der Waals surface area contributed by atoms with Gasteiger partial charge in [-0.3, -0.25) is 0 Å². The first-order valence-electron chi connectivity index (χ1n) is 12.8. The Hall–Kier alpha value is -3.45. The van der Waals surface area contributed by atoms with Crippen molar-refractivity contribution in [2.75, 3.05) is 0 Å². The van der Waals surface area contributed by atoms with Gasteiger partial charge in [-0.15, -0.1) is 0 Å². The van der Waals surface area contributed by atoms with Crippen LogP contribution in [0.25, 0.3) is 21.5 Å². The molecule has 0 atom stereocenters. The first-order valence-corrected chi connectivity index (χ1v) is 16.9. The van der Waals surface area contributed by atoms with Crippen LogP contribution in [0.4, 0.5) is 0 Å². The van der Waals surface area contributed by atoms with E-state index < -0.39 is 16.6 Å². The molecule has 6 aromatic carbocycles. The fourth-order valence-corrected chi connectivity index (χ4v) is 14.1. The van der Waals surface area contributed by atoms with E-state index in [1.807, 2.05) is 0 Å². The van der Waals surface area contributed by atoms with Crippen molar-refractivity contribution in [2.24, 2.45) is 0 Å². The average Bonchev–Trinajstić information content (AvgIpc) is 2.94. The molecule has 1 heteroatoms. The van der Waals surface area contributed by atoms with Gasteiger partial charge >= 0.3 is 218 Å². The molecule has 0 aliphatic carbocycles. The number of hydrogen-bond donors (Lipinski definition) is 0. The van der Waals surface area contributed by atoms with Crippen LogP contribution in [0, 0.1) is 0 Å². The molecule has 0 spiro atoms. The second-order valence-corrected chi connectivity index (χ2v) is 16.5. The molecule has 6 aromatic rings. The monoisotopic (exact) mass is 498 g/mol. The van der Waals surface area contributed by atoms with E-state index in [2.05, 4.69) is 146 Å². The molecular formula is C35H30Ti. The normalized spacial score (nSPS) is 11.7. The Kier molecular flexibility index (Phi) is 6.56. The zero-order chi connectivity index (χ0) is 24.2. The third-order valence-electron chi connectivity index (χ3n) is 7.51. The molecule has 36 heavy (non-hydrogen) atoms. The van der Waals surface area contributed by atoms with Gasteiger partial charge in [0.1, 0.15) is 0 Å². The summed E-state index contributed by atoms with van der Waals surface area (Å²) >= 11 is -2.86. The van der Waals surface area contributed by atoms with Crippen LogP contribution < -0.4 is 3.87 Å². The number of hydrogen-bond acceptors (Lipinski definition) is 0. The Balaban J connectivity index is 1.62. The molecule has 0 fully saturated rings. The van der Waals surface area contributed by atoms with Crippen molar-refractivity contribution in [3.63, 3.8) is 0 Å². The minimum atomic E-state index is -2.86. The number of rotatable bonds is 7. The summed E-state index contributed by atoms with van der Waals surface area (Å²) in [6.07, 6.45) is 0. The van der Waals surface area contributed by atoms with Crippen LogP contribution in [-0.4, -0.2) is 0 Å². The molecule has 0 aliphatic heterocycles. The molecule has 0 saturated carbocycles. The summed E-state index contributed by atoms with van der Waals surface area (Å²) in [6.45, 7) is 0. The fraction of sp³-hybridized carbons (Fsp3) is 0.0857. The van der Waals surface area contributed by atoms with Gasteiger partial charge in [0.25, 0.3) is 0 Å². The third-order valence-corrected chi connectivity index (χ3v) is 15.1. The van der Waals surface area contributed by atoms with E-state index in [0.717, 1.165) is 14.2 Å². The first-order chi connectivity index (χ1) is 17.8. The van der Waals surface area contributed by atoms with Crippen molar-refractivity contribution in [1.82, 2.24) is 0 Å². The minimum absolute atomic E-state index is 1.16. The predicted octanol–water partition coefficient (Wildman–Crippen LogP) is 8.37. The van der Waals surface area contributed by atoms with Crippen LogP contribution in [0.1, 0.15) is 16.7 Å². The Morgan fingerprint density at radius 2 is 0.806 bits per heavy atom. The van der Waals surface area contributed by atoms with Crippen LogP contribution in [0.5, 0.6) is 0 Å². The van der Waals surface area contributed by atoms with Gasteiger partial charge in [-0.1, -0.05) is 0 Å². The molecule has 0 N–H and O–H groups in total. The molecule has 0 amide bonds. The van der Waals surface area contributed by atoms with Crippen molar-refractivity contribution < 1.29 is 16.6 Å². The second-order valence-electron chi connectivity index (χ2n) is 9.95. The standard InChI is InChI=1S/C14H9.3C7H7.Ti/c1-3-7-13-11(5-1)9-10-12-6-2-4-8-14(12)13;3*1-7-5-3-2-4-6-7;/h1-5,7-10H;3*2-6H,1H2;. The molecule has 0 unspecified atom stereocenters. The molecule has 0 aliphatic rings. The van der Waals surface area contributed by atoms with Crippen LogP contribution >= 0.6 is 0 Å². The quantitative estimate of drug-likeness (QED) is 0.153. The van der Waals surface area contributed by atoms with Crippen molar-refractivity contribution in [2.45, 2.75) is 14.2 Å². The Bertz CT molecular complexity index is 1490. The Labute approximate surface area is 217 Å². The Morgan fingerprint density at radius 1 is 0.333 bits per heavy atom. The molecule has 174 valence electrons. The zero-order valence-corrected chi connectivity index (χ0v) is 22.0. The van der Waals surface area contributed by atoms with Crippen LogP contribution in [-0.2, 0) is 30.8 Å². The van der Waals surface area contributed by atoms with E-state index in [-0.39, 0.29) is 0 Å². The molecule has 6 rings (SSSR count). The van der Waals surface area contributed by atoms with Gasteiger partial charge in [0.05, 0.1) is 0 Å². The van der Waals surface area contributed by atoms with Gasteiger partial charge in [0, 0.05) is 0 Å². The summed E-state index contributed by atoms with van der Waals surface area (Å²) < 4.78 is 5.11. The molecule has 0 nitrogen and oxygen atoms in total. The number of benzene rings is 6. The van der Waals surface area contributed by atoms with Crippen LogP contribution in [0.3, 0.4) is 0 Å². The van der Waals surface area contributed by atoms with Gasteiger partial charge < -0.3 is 0 Å². The molecule has 0 saturated heterocycles. The van der Waals surface area contributed by atoms with Gasteiger partial charge in [-0.05, 0) is 0 Å². The summed E-state index contributed by atoms with van der Waals surface area (Å²) in [5.74, 6) is 0. The van der Waals surface area contributed by atoms with E-state index in [0.29, 0.717) is 0 Å². The van der Waals surface area contributed by atoms with Gasteiger partial charge in [0.15, 0.2) is 0 Å². The fourth-order valence-electron chi connectivity index (χ4n) is 5.94. The van der Waals surface area contributed by atoms with Crippen molar-refractivity contribution >= 4 is 25.4 Å². The summed E-state index contributed by atoms with van der Waals surface area (Å²) in [5.41, 5.74) is 4.38. The van der Waals surface area contributed by atoms with Crippen LogP contribution in [0.15, 0.2) is 146 Å². The van der Waals surface area contributed by atoms with Gasteiger partial charge in [-0.25, -0.2) is 0 Å². The molecular weight excluding hydrogens is 468 g/mol. The zero-order valence-electron chi connectivity index (χ0n) is 20.5. The molecule has 0 radical (unpaired) electrons. The SMILES string of the molecule is c1ccc([CH2][Ti]([CH2]c2ccccc2)([CH2]c2ccccc2)[c]2cccc3c2ccc2ccccc23)cc1. The molecule has 0 aromatic heterocycles. The van der Waals surface area contributed by atoms with Gasteiger partial charge in [-0.2, -0.15) is 0 Å². The molecule has 0 heterocycles. The van der Waals surface area contributed by atoms with E-state index in [1.54, 1.807) is 3.87 Å². The van der Waals surface area contributed by atoms with Crippen LogP contribution in [0.2, 0.25) is 0 Å². The van der Waals surface area contributed by atoms with E-state index >= 15 is 0 Å². The summed E-state index contributed by atoms with van der Waals surface area (Å²) in [4.78, 5) is 0. The first kappa shape index (κ1) is 23.0. The number of fused-ring (bicyclic) bond motifs is 3. The topological polar surface area (TPSA) is 0 Å². The summed E-state index contributed by atoms with van der Waals surface area (Å²) in [7, 11) is 0. The average molecular weight is 498 g/mol. The second kappa shape index (κ2) is 10.3. The van der Waals surface area contributed by atoms with Crippen molar-refractivity contribution in [3.05, 3.63) is 162 Å². The maximum atomic E-state index is 2.46. The maximum absolute atomic E-state index is 2.86. The summed E-state index contributed by atoms with van der Waals surface area (Å²) in [5, 5.41) is 5.50. The van der Waals surface area contributed by atoms with E-state index in [1.165, 1.54) is 38.2 Å².